The van der Waals surface area contributed by atoms with Crippen molar-refractivity contribution >= 4 is 22.7 Å². The lowest BCUT2D eigenvalue weighted by Crippen LogP contribution is -2.57. The maximum atomic E-state index is 13.4. The molecule has 0 bridgehead atoms. The minimum absolute atomic E-state index is 0.00743. The molecule has 1 aromatic heterocycles. The van der Waals surface area contributed by atoms with Crippen LogP contribution in [0.5, 0.6) is 5.75 Å². The number of likely N-dealkylation sites (N-methyl/N-ethyl adjacent to an activating group) is 2. The van der Waals surface area contributed by atoms with Crippen LogP contribution in [0.2, 0.25) is 0 Å². The van der Waals surface area contributed by atoms with E-state index in [1.165, 1.54) is 5.56 Å². The number of aliphatic hydroxyl groups excluding tert-OH is 1. The van der Waals surface area contributed by atoms with Gasteiger partial charge in [0.2, 0.25) is 11.8 Å². The molecule has 2 aliphatic rings. The Bertz CT molecular complexity index is 1100. The number of hydrogen-bond donors (Lipinski definition) is 1. The Labute approximate surface area is 207 Å². The van der Waals surface area contributed by atoms with Crippen molar-refractivity contribution in [2.45, 2.75) is 24.3 Å². The Morgan fingerprint density at radius 1 is 1.09 bits per heavy atom. The zero-order valence-corrected chi connectivity index (χ0v) is 21.9. The lowest BCUT2D eigenvalue weighted by molar-refractivity contribution is -0.140. The molecule has 0 radical (unpaired) electrons. The molecule has 0 unspecified atom stereocenters. The van der Waals surface area contributed by atoms with Crippen LogP contribution < -0.4 is 4.74 Å². The molecule has 1 N–H and O–H groups in total. The van der Waals surface area contributed by atoms with Crippen LogP contribution in [0.1, 0.15) is 30.1 Å². The Morgan fingerprint density at radius 3 is 2.29 bits per heavy atom. The second-order valence-corrected chi connectivity index (χ2v) is 10.6. The number of aliphatic hydroxyl groups is 1. The van der Waals surface area contributed by atoms with Gasteiger partial charge in [-0.1, -0.05) is 0 Å². The molecule has 2 aromatic rings. The van der Waals surface area contributed by atoms with Gasteiger partial charge in [0, 0.05) is 49.2 Å². The maximum absolute atomic E-state index is 13.4. The van der Waals surface area contributed by atoms with Gasteiger partial charge in [0.1, 0.15) is 5.75 Å². The van der Waals surface area contributed by atoms with Gasteiger partial charge >= 0.3 is 0 Å². The van der Waals surface area contributed by atoms with Gasteiger partial charge in [-0.05, 0) is 58.7 Å². The highest BCUT2D eigenvalue weighted by atomic mass is 16.5. The summed E-state index contributed by atoms with van der Waals surface area (Å²) in [5.41, 5.74) is 2.94. The first-order valence-electron chi connectivity index (χ1n) is 12.3. The smallest absolute Gasteiger partial charge is 0.237 e. The average Bonchev–Trinajstić information content (AvgIpc) is 3.11. The summed E-state index contributed by atoms with van der Waals surface area (Å²) < 4.78 is 7.61. The Morgan fingerprint density at radius 2 is 1.71 bits per heavy atom. The predicted octanol–water partition coefficient (Wildman–Crippen LogP) is 1.05. The van der Waals surface area contributed by atoms with Gasteiger partial charge in [-0.15, -0.1) is 0 Å². The normalized spacial score (nSPS) is 19.6. The van der Waals surface area contributed by atoms with Gasteiger partial charge in [0.05, 0.1) is 38.4 Å². The molecule has 1 fully saturated rings. The number of ether oxygens (including phenoxy) is 1. The second-order valence-electron chi connectivity index (χ2n) is 10.6. The number of rotatable bonds is 6. The molecule has 0 aliphatic carbocycles. The van der Waals surface area contributed by atoms with Gasteiger partial charge in [-0.25, -0.2) is 0 Å². The molecular formula is C26H39N5O4. The van der Waals surface area contributed by atoms with Gasteiger partial charge in [0.25, 0.3) is 0 Å². The van der Waals surface area contributed by atoms with Crippen molar-refractivity contribution in [3.05, 3.63) is 29.5 Å². The zero-order valence-electron chi connectivity index (χ0n) is 21.9. The first kappa shape index (κ1) is 25.5. The third-order valence-electron chi connectivity index (χ3n) is 7.62. The number of likely N-dealkylation sites (tertiary alicyclic amines) is 1. The van der Waals surface area contributed by atoms with Crippen molar-refractivity contribution < 1.29 is 19.4 Å². The fraction of sp³-hybridized carbons (Fsp3) is 0.615. The first-order valence-corrected chi connectivity index (χ1v) is 12.3. The standard InChI is InChI=1S/C26H39N5O4/c1-27(2)14-22(33)30-11-9-26(10-12-30)17-31(23(34)15-28(3)4)21(16-32)25-24(26)19-8-7-18(35-6)13-20(19)29(25)5/h7-8,13,21,32H,9-12,14-17H2,1-6H3/t21-/m0/s1. The molecule has 9 nitrogen and oxygen atoms in total. The van der Waals surface area contributed by atoms with E-state index in [0.717, 1.165) is 35.2 Å². The van der Waals surface area contributed by atoms with E-state index in [1.807, 2.05) is 67.0 Å². The highest BCUT2D eigenvalue weighted by Gasteiger charge is 2.49. The van der Waals surface area contributed by atoms with Crippen molar-refractivity contribution in [2.24, 2.45) is 7.05 Å². The van der Waals surface area contributed by atoms with Crippen molar-refractivity contribution in [1.82, 2.24) is 24.2 Å². The number of aromatic nitrogens is 1. The number of carbonyl (C=O) groups excluding carboxylic acids is 2. The monoisotopic (exact) mass is 485 g/mol. The molecular weight excluding hydrogens is 446 g/mol. The Kier molecular flexibility index (Phi) is 7.13. The SMILES string of the molecule is COc1ccc2c3c(n(C)c2c1)[C@H](CO)N(C(=O)CN(C)C)CC31CCN(C(=O)CN(C)C)CC1. The highest BCUT2D eigenvalue weighted by molar-refractivity contribution is 5.90. The molecule has 35 heavy (non-hydrogen) atoms. The van der Waals surface area contributed by atoms with E-state index in [-0.39, 0.29) is 30.4 Å². The fourth-order valence-electron chi connectivity index (χ4n) is 5.94. The molecule has 1 spiro atoms. The van der Waals surface area contributed by atoms with E-state index in [2.05, 4.69) is 10.6 Å². The molecule has 1 atom stereocenters. The fourth-order valence-corrected chi connectivity index (χ4v) is 5.94. The first-order chi connectivity index (χ1) is 16.6. The van der Waals surface area contributed by atoms with Crippen LogP contribution >= 0.6 is 0 Å². The zero-order chi connectivity index (χ0) is 25.5. The van der Waals surface area contributed by atoms with Gasteiger partial charge in [-0.2, -0.15) is 0 Å². The minimum Gasteiger partial charge on any atom is -0.497 e. The highest BCUT2D eigenvalue weighted by Crippen LogP contribution is 2.50. The van der Waals surface area contributed by atoms with Crippen LogP contribution in [-0.2, 0) is 22.1 Å². The Hall–Kier alpha value is -2.62. The summed E-state index contributed by atoms with van der Waals surface area (Å²) in [5.74, 6) is 0.917. The van der Waals surface area contributed by atoms with E-state index in [9.17, 15) is 14.7 Å². The average molecular weight is 486 g/mol. The van der Waals surface area contributed by atoms with E-state index < -0.39 is 6.04 Å². The van der Waals surface area contributed by atoms with Gasteiger partial charge < -0.3 is 34.0 Å². The number of fused-ring (bicyclic) bond motifs is 4. The number of aryl methyl sites for hydroxylation is 1. The van der Waals surface area contributed by atoms with Crippen molar-refractivity contribution in [3.8, 4) is 5.75 Å². The summed E-state index contributed by atoms with van der Waals surface area (Å²) in [6.07, 6.45) is 1.54. The summed E-state index contributed by atoms with van der Waals surface area (Å²) >= 11 is 0. The molecule has 192 valence electrons. The molecule has 0 saturated carbocycles. The number of amides is 2. The van der Waals surface area contributed by atoms with Crippen molar-refractivity contribution in [3.63, 3.8) is 0 Å². The summed E-state index contributed by atoms with van der Waals surface area (Å²) in [6.45, 7) is 2.38. The van der Waals surface area contributed by atoms with Crippen LogP contribution in [0.15, 0.2) is 18.2 Å². The molecule has 1 saturated heterocycles. The minimum atomic E-state index is -0.417. The van der Waals surface area contributed by atoms with E-state index in [4.69, 9.17) is 4.74 Å². The number of methoxy groups -OCH3 is 1. The molecule has 1 aromatic carbocycles. The maximum Gasteiger partial charge on any atom is 0.237 e. The second kappa shape index (κ2) is 9.79. The van der Waals surface area contributed by atoms with E-state index in [0.29, 0.717) is 26.2 Å². The topological polar surface area (TPSA) is 81.5 Å². The summed E-state index contributed by atoms with van der Waals surface area (Å²) in [4.78, 5) is 33.8. The summed E-state index contributed by atoms with van der Waals surface area (Å²) in [7, 11) is 11.2. The lowest BCUT2D eigenvalue weighted by Gasteiger charge is -2.50. The largest absolute Gasteiger partial charge is 0.497 e. The van der Waals surface area contributed by atoms with Crippen molar-refractivity contribution in [1.29, 1.82) is 0 Å². The molecule has 3 heterocycles. The van der Waals surface area contributed by atoms with Gasteiger partial charge in [0.15, 0.2) is 0 Å². The molecule has 4 rings (SSSR count). The van der Waals surface area contributed by atoms with Crippen molar-refractivity contribution in [2.75, 3.05) is 74.6 Å². The number of piperidine rings is 1. The third-order valence-corrected chi connectivity index (χ3v) is 7.62. The van der Waals surface area contributed by atoms with Crippen LogP contribution in [0.3, 0.4) is 0 Å². The third kappa shape index (κ3) is 4.52. The van der Waals surface area contributed by atoms with Crippen LogP contribution in [0.4, 0.5) is 0 Å². The number of hydrogen-bond acceptors (Lipinski definition) is 6. The molecule has 2 amide bonds. The lowest BCUT2D eigenvalue weighted by atomic mass is 9.68. The molecule has 9 heteroatoms. The number of carbonyl (C=O) groups is 2. The van der Waals surface area contributed by atoms with Gasteiger partial charge in [-0.3, -0.25) is 9.59 Å². The quantitative estimate of drug-likeness (QED) is 0.659. The van der Waals surface area contributed by atoms with Crippen LogP contribution in [0, 0.1) is 0 Å². The summed E-state index contributed by atoms with van der Waals surface area (Å²) in [5, 5.41) is 11.7. The Balaban J connectivity index is 1.82. The number of benzene rings is 1. The van der Waals surface area contributed by atoms with E-state index >= 15 is 0 Å². The van der Waals surface area contributed by atoms with Crippen LogP contribution in [-0.4, -0.2) is 116 Å². The summed E-state index contributed by atoms with van der Waals surface area (Å²) in [6, 6.07) is 5.69. The number of nitrogens with zero attached hydrogens (tertiary/aromatic N) is 5. The van der Waals surface area contributed by atoms with Crippen LogP contribution in [0.25, 0.3) is 10.9 Å². The molecule has 2 aliphatic heterocycles. The van der Waals surface area contributed by atoms with E-state index in [1.54, 1.807) is 7.11 Å². The predicted molar refractivity (Wildman–Crippen MR) is 136 cm³/mol.